The van der Waals surface area contributed by atoms with Gasteiger partial charge in [0, 0.05) is 25.0 Å². The molecule has 1 aliphatic rings. The molecule has 0 saturated carbocycles. The summed E-state index contributed by atoms with van der Waals surface area (Å²) >= 11 is 0. The van der Waals surface area contributed by atoms with Gasteiger partial charge in [-0.1, -0.05) is 0 Å². The monoisotopic (exact) mass is 256 g/mol. The molecule has 1 unspecified atom stereocenters. The van der Waals surface area contributed by atoms with E-state index in [-0.39, 0.29) is 0 Å². The van der Waals surface area contributed by atoms with Gasteiger partial charge in [-0.2, -0.15) is 5.26 Å². The summed E-state index contributed by atoms with van der Waals surface area (Å²) in [6.45, 7) is 2.83. The van der Waals surface area contributed by atoms with Crippen molar-refractivity contribution >= 4 is 0 Å². The van der Waals surface area contributed by atoms with Crippen LogP contribution in [0.4, 0.5) is 0 Å². The Balaban J connectivity index is 1.64. The predicted molar refractivity (Wildman–Crippen MR) is 69.1 cm³/mol. The fraction of sp³-hybridized carbons (Fsp3) is 0.429. The molecule has 3 rings (SSSR count). The molecular weight excluding hydrogens is 240 g/mol. The summed E-state index contributed by atoms with van der Waals surface area (Å²) in [6.07, 6.45) is 8.08. The maximum Gasteiger partial charge on any atom is 0.203 e. The molecule has 5 heteroatoms. The van der Waals surface area contributed by atoms with Crippen LogP contribution in [0.15, 0.2) is 35.3 Å². The molecule has 5 nitrogen and oxygen atoms in total. The van der Waals surface area contributed by atoms with Crippen LogP contribution in [0.1, 0.15) is 24.4 Å². The fourth-order valence-corrected chi connectivity index (χ4v) is 2.67. The maximum absolute atomic E-state index is 8.77. The molecule has 19 heavy (non-hydrogen) atoms. The van der Waals surface area contributed by atoms with Crippen molar-refractivity contribution in [1.29, 1.82) is 5.26 Å². The number of furan rings is 1. The lowest BCUT2D eigenvalue weighted by molar-refractivity contribution is 0.207. The van der Waals surface area contributed by atoms with Gasteiger partial charge in [-0.05, 0) is 31.5 Å². The van der Waals surface area contributed by atoms with Crippen LogP contribution < -0.4 is 0 Å². The second kappa shape index (κ2) is 5.29. The lowest BCUT2D eigenvalue weighted by atomic mass is 10.2. The molecule has 1 aliphatic heterocycles. The van der Waals surface area contributed by atoms with E-state index in [1.54, 1.807) is 6.07 Å². The van der Waals surface area contributed by atoms with Gasteiger partial charge >= 0.3 is 0 Å². The molecule has 0 N–H and O–H groups in total. The van der Waals surface area contributed by atoms with Crippen molar-refractivity contribution in [2.75, 3.05) is 6.54 Å². The topological polar surface area (TPSA) is 58.0 Å². The van der Waals surface area contributed by atoms with E-state index in [0.717, 1.165) is 25.4 Å². The number of aromatic nitrogens is 2. The SMILES string of the molecule is N#Cc1ccc(CN2CCCC2Cn2ccnc2)o1. The van der Waals surface area contributed by atoms with Crippen molar-refractivity contribution in [3.8, 4) is 6.07 Å². The highest BCUT2D eigenvalue weighted by molar-refractivity contribution is 5.19. The molecule has 98 valence electrons. The van der Waals surface area contributed by atoms with Crippen LogP contribution in [0.2, 0.25) is 0 Å². The molecule has 1 saturated heterocycles. The van der Waals surface area contributed by atoms with Crippen LogP contribution in [-0.4, -0.2) is 27.0 Å². The third-order valence-electron chi connectivity index (χ3n) is 3.61. The summed E-state index contributed by atoms with van der Waals surface area (Å²) in [4.78, 5) is 6.49. The molecule has 1 atom stereocenters. The van der Waals surface area contributed by atoms with Gasteiger partial charge in [0.15, 0.2) is 0 Å². The van der Waals surface area contributed by atoms with Crippen molar-refractivity contribution in [3.05, 3.63) is 42.4 Å². The number of nitriles is 1. The summed E-state index contributed by atoms with van der Waals surface area (Å²) in [6, 6.07) is 6.17. The van der Waals surface area contributed by atoms with Crippen LogP contribution in [0.25, 0.3) is 0 Å². The van der Waals surface area contributed by atoms with Crippen molar-refractivity contribution in [2.24, 2.45) is 0 Å². The Morgan fingerprint density at radius 1 is 1.47 bits per heavy atom. The van der Waals surface area contributed by atoms with Gasteiger partial charge in [-0.3, -0.25) is 4.90 Å². The zero-order chi connectivity index (χ0) is 13.1. The van der Waals surface area contributed by atoms with E-state index in [0.29, 0.717) is 11.8 Å². The average molecular weight is 256 g/mol. The van der Waals surface area contributed by atoms with Gasteiger partial charge in [0.2, 0.25) is 5.76 Å². The molecule has 0 spiro atoms. The van der Waals surface area contributed by atoms with Crippen LogP contribution in [-0.2, 0) is 13.1 Å². The van der Waals surface area contributed by atoms with Gasteiger partial charge < -0.3 is 8.98 Å². The van der Waals surface area contributed by atoms with E-state index in [4.69, 9.17) is 9.68 Å². The van der Waals surface area contributed by atoms with Crippen molar-refractivity contribution in [1.82, 2.24) is 14.5 Å². The largest absolute Gasteiger partial charge is 0.449 e. The first kappa shape index (κ1) is 12.0. The Hall–Kier alpha value is -2.06. The lowest BCUT2D eigenvalue weighted by Gasteiger charge is -2.23. The molecule has 0 bridgehead atoms. The first-order chi connectivity index (χ1) is 9.35. The predicted octanol–water partition coefficient (Wildman–Crippen LogP) is 2.01. The van der Waals surface area contributed by atoms with Gasteiger partial charge in [-0.15, -0.1) is 0 Å². The molecule has 0 radical (unpaired) electrons. The summed E-state index contributed by atoms with van der Waals surface area (Å²) in [5.74, 6) is 1.26. The summed E-state index contributed by atoms with van der Waals surface area (Å²) in [5.41, 5.74) is 0. The van der Waals surface area contributed by atoms with Gasteiger partial charge in [0.1, 0.15) is 11.8 Å². The lowest BCUT2D eigenvalue weighted by Crippen LogP contribution is -2.32. The Morgan fingerprint density at radius 3 is 3.16 bits per heavy atom. The molecule has 0 amide bonds. The fourth-order valence-electron chi connectivity index (χ4n) is 2.67. The van der Waals surface area contributed by atoms with Gasteiger partial charge in [0.05, 0.1) is 12.9 Å². The number of nitrogens with zero attached hydrogens (tertiary/aromatic N) is 4. The summed E-state index contributed by atoms with van der Waals surface area (Å²) in [5, 5.41) is 8.77. The normalized spacial score (nSPS) is 19.6. The zero-order valence-corrected chi connectivity index (χ0v) is 10.7. The minimum absolute atomic E-state index is 0.389. The molecular formula is C14H16N4O. The highest BCUT2D eigenvalue weighted by Gasteiger charge is 2.25. The third-order valence-corrected chi connectivity index (χ3v) is 3.61. The standard InChI is InChI=1S/C14H16N4O/c15-8-13-3-4-14(19-13)10-18-6-1-2-12(18)9-17-7-5-16-11-17/h3-5,7,11-12H,1-2,6,9-10H2. The minimum Gasteiger partial charge on any atom is -0.449 e. The Bertz CT molecular complexity index is 567. The molecule has 3 heterocycles. The number of hydrogen-bond donors (Lipinski definition) is 0. The number of rotatable bonds is 4. The highest BCUT2D eigenvalue weighted by atomic mass is 16.3. The average Bonchev–Trinajstić information content (AvgIpc) is 3.14. The van der Waals surface area contributed by atoms with Crippen LogP contribution in [0.5, 0.6) is 0 Å². The van der Waals surface area contributed by atoms with E-state index >= 15 is 0 Å². The quantitative estimate of drug-likeness (QED) is 0.839. The summed E-state index contributed by atoms with van der Waals surface area (Å²) in [7, 11) is 0. The van der Waals surface area contributed by atoms with Crippen molar-refractivity contribution in [3.63, 3.8) is 0 Å². The van der Waals surface area contributed by atoms with Crippen molar-refractivity contribution in [2.45, 2.75) is 32.0 Å². The second-order valence-corrected chi connectivity index (χ2v) is 4.90. The van der Waals surface area contributed by atoms with Crippen LogP contribution in [0.3, 0.4) is 0 Å². The molecule has 1 fully saturated rings. The molecule has 0 aromatic carbocycles. The van der Waals surface area contributed by atoms with Crippen LogP contribution >= 0.6 is 0 Å². The number of hydrogen-bond acceptors (Lipinski definition) is 4. The van der Waals surface area contributed by atoms with Crippen molar-refractivity contribution < 1.29 is 4.42 Å². The Kier molecular flexibility index (Phi) is 3.34. The molecule has 2 aromatic rings. The zero-order valence-electron chi connectivity index (χ0n) is 10.7. The van der Waals surface area contributed by atoms with E-state index in [1.807, 2.05) is 30.9 Å². The Morgan fingerprint density at radius 2 is 2.42 bits per heavy atom. The van der Waals surface area contributed by atoms with E-state index < -0.39 is 0 Å². The van der Waals surface area contributed by atoms with E-state index in [9.17, 15) is 0 Å². The maximum atomic E-state index is 8.77. The number of likely N-dealkylation sites (tertiary alicyclic amines) is 1. The van der Waals surface area contributed by atoms with E-state index in [1.165, 1.54) is 12.8 Å². The second-order valence-electron chi connectivity index (χ2n) is 4.90. The first-order valence-corrected chi connectivity index (χ1v) is 6.54. The minimum atomic E-state index is 0.389. The third kappa shape index (κ3) is 2.69. The number of imidazole rings is 1. The highest BCUT2D eigenvalue weighted by Crippen LogP contribution is 2.22. The Labute approximate surface area is 112 Å². The first-order valence-electron chi connectivity index (χ1n) is 6.54. The van der Waals surface area contributed by atoms with E-state index in [2.05, 4.69) is 14.5 Å². The van der Waals surface area contributed by atoms with Crippen LogP contribution in [0, 0.1) is 11.3 Å². The van der Waals surface area contributed by atoms with Gasteiger partial charge in [0.25, 0.3) is 0 Å². The smallest absolute Gasteiger partial charge is 0.203 e. The molecule has 0 aliphatic carbocycles. The molecule has 2 aromatic heterocycles. The van der Waals surface area contributed by atoms with Gasteiger partial charge in [-0.25, -0.2) is 4.98 Å². The summed E-state index contributed by atoms with van der Waals surface area (Å²) < 4.78 is 7.57.